The van der Waals surface area contributed by atoms with Gasteiger partial charge in [-0.2, -0.15) is 0 Å². The molecule has 1 aliphatic rings. The van der Waals surface area contributed by atoms with Gasteiger partial charge in [0.1, 0.15) is 5.78 Å². The van der Waals surface area contributed by atoms with E-state index in [0.29, 0.717) is 5.78 Å². The second-order valence-corrected chi connectivity index (χ2v) is 4.54. The summed E-state index contributed by atoms with van der Waals surface area (Å²) in [6, 6.07) is 0. The number of Topliss-reactive ketones (excluding diaryl/α,β-unsaturated/α-hetero) is 1. The van der Waals surface area contributed by atoms with Crippen LogP contribution in [0.5, 0.6) is 0 Å². The van der Waals surface area contributed by atoms with Gasteiger partial charge in [-0.05, 0) is 45.2 Å². The first-order valence-electron chi connectivity index (χ1n) is 5.27. The van der Waals surface area contributed by atoms with Gasteiger partial charge in [0.2, 0.25) is 0 Å². The molecule has 0 saturated heterocycles. The fourth-order valence-corrected chi connectivity index (χ4v) is 1.74. The van der Waals surface area contributed by atoms with Crippen LogP contribution < -0.4 is 0 Å². The number of carbonyl (C=O) groups is 1. The molecule has 0 amide bonds. The van der Waals surface area contributed by atoms with Crippen LogP contribution in [-0.2, 0) is 4.79 Å². The molecule has 0 heterocycles. The minimum absolute atomic E-state index is 0.313. The first-order valence-corrected chi connectivity index (χ1v) is 5.27. The molecule has 2 unspecified atom stereocenters. The van der Waals surface area contributed by atoms with Crippen LogP contribution in [0.25, 0.3) is 0 Å². The van der Waals surface area contributed by atoms with Crippen molar-refractivity contribution in [2.75, 3.05) is 20.1 Å². The molecule has 2 nitrogen and oxygen atoms in total. The zero-order valence-electron chi connectivity index (χ0n) is 9.05. The number of hydrogen-bond donors (Lipinski definition) is 0. The van der Waals surface area contributed by atoms with Gasteiger partial charge >= 0.3 is 0 Å². The average molecular weight is 183 g/mol. The zero-order chi connectivity index (χ0) is 9.84. The zero-order valence-corrected chi connectivity index (χ0v) is 9.05. The standard InChI is InChI=1S/C11H21NO/c1-9-7-11(9)8-12(3)6-4-5-10(2)13/h9,11H,4-8H2,1-3H3. The van der Waals surface area contributed by atoms with E-state index < -0.39 is 0 Å². The summed E-state index contributed by atoms with van der Waals surface area (Å²) >= 11 is 0. The lowest BCUT2D eigenvalue weighted by molar-refractivity contribution is -0.117. The van der Waals surface area contributed by atoms with Crippen LogP contribution in [0.3, 0.4) is 0 Å². The molecule has 2 heteroatoms. The Hall–Kier alpha value is -0.370. The molecule has 0 spiro atoms. The lowest BCUT2D eigenvalue weighted by Gasteiger charge is -2.15. The summed E-state index contributed by atoms with van der Waals surface area (Å²) in [5.41, 5.74) is 0. The van der Waals surface area contributed by atoms with Crippen LogP contribution in [0.1, 0.15) is 33.1 Å². The molecule has 1 rings (SSSR count). The van der Waals surface area contributed by atoms with Gasteiger partial charge in [-0.25, -0.2) is 0 Å². The quantitative estimate of drug-likeness (QED) is 0.627. The van der Waals surface area contributed by atoms with Crippen molar-refractivity contribution in [2.24, 2.45) is 11.8 Å². The fraction of sp³-hybridized carbons (Fsp3) is 0.909. The highest BCUT2D eigenvalue weighted by molar-refractivity contribution is 5.75. The van der Waals surface area contributed by atoms with Crippen molar-refractivity contribution in [2.45, 2.75) is 33.1 Å². The number of rotatable bonds is 6. The van der Waals surface area contributed by atoms with E-state index in [1.807, 2.05) is 0 Å². The molecule has 0 aliphatic heterocycles. The Morgan fingerprint density at radius 1 is 1.54 bits per heavy atom. The van der Waals surface area contributed by atoms with Crippen molar-refractivity contribution in [3.05, 3.63) is 0 Å². The lowest BCUT2D eigenvalue weighted by atomic mass is 10.2. The van der Waals surface area contributed by atoms with E-state index in [0.717, 1.165) is 31.2 Å². The molecule has 0 bridgehead atoms. The van der Waals surface area contributed by atoms with Gasteiger partial charge in [0.15, 0.2) is 0 Å². The maximum atomic E-state index is 10.7. The van der Waals surface area contributed by atoms with Gasteiger partial charge in [0.05, 0.1) is 0 Å². The molecule has 0 N–H and O–H groups in total. The van der Waals surface area contributed by atoms with E-state index in [-0.39, 0.29) is 0 Å². The smallest absolute Gasteiger partial charge is 0.129 e. The Morgan fingerprint density at radius 3 is 2.62 bits per heavy atom. The van der Waals surface area contributed by atoms with Crippen LogP contribution in [0.15, 0.2) is 0 Å². The highest BCUT2D eigenvalue weighted by Crippen LogP contribution is 2.37. The van der Waals surface area contributed by atoms with Crippen LogP contribution in [0, 0.1) is 11.8 Å². The normalized spacial score (nSPS) is 26.5. The van der Waals surface area contributed by atoms with Gasteiger partial charge in [0, 0.05) is 13.0 Å². The molecule has 0 aromatic carbocycles. The summed E-state index contributed by atoms with van der Waals surface area (Å²) in [5, 5.41) is 0. The first kappa shape index (κ1) is 10.7. The number of hydrogen-bond acceptors (Lipinski definition) is 2. The summed E-state index contributed by atoms with van der Waals surface area (Å²) in [4.78, 5) is 13.1. The van der Waals surface area contributed by atoms with Gasteiger partial charge in [-0.15, -0.1) is 0 Å². The van der Waals surface area contributed by atoms with E-state index in [9.17, 15) is 4.79 Å². The van der Waals surface area contributed by atoms with Crippen LogP contribution in [0.2, 0.25) is 0 Å². The van der Waals surface area contributed by atoms with Crippen molar-refractivity contribution in [1.29, 1.82) is 0 Å². The van der Waals surface area contributed by atoms with Crippen LogP contribution in [0.4, 0.5) is 0 Å². The predicted molar refractivity (Wildman–Crippen MR) is 54.7 cm³/mol. The maximum absolute atomic E-state index is 10.7. The molecule has 2 atom stereocenters. The largest absolute Gasteiger partial charge is 0.306 e. The summed E-state index contributed by atoms with van der Waals surface area (Å²) in [7, 11) is 2.16. The highest BCUT2D eigenvalue weighted by Gasteiger charge is 2.32. The summed E-state index contributed by atoms with van der Waals surface area (Å²) in [5.74, 6) is 2.19. The Balaban J connectivity index is 1.98. The summed E-state index contributed by atoms with van der Waals surface area (Å²) in [6.07, 6.45) is 3.16. The Kier molecular flexibility index (Phi) is 3.91. The molecule has 1 saturated carbocycles. The third-order valence-corrected chi connectivity index (χ3v) is 2.89. The van der Waals surface area contributed by atoms with Gasteiger partial charge in [-0.1, -0.05) is 6.92 Å². The minimum Gasteiger partial charge on any atom is -0.306 e. The molecule has 0 radical (unpaired) electrons. The molecular weight excluding hydrogens is 162 g/mol. The summed E-state index contributed by atoms with van der Waals surface area (Å²) < 4.78 is 0. The van der Waals surface area contributed by atoms with E-state index in [4.69, 9.17) is 0 Å². The second kappa shape index (κ2) is 4.75. The van der Waals surface area contributed by atoms with Gasteiger partial charge in [-0.3, -0.25) is 0 Å². The van der Waals surface area contributed by atoms with Crippen LogP contribution in [-0.4, -0.2) is 30.8 Å². The van der Waals surface area contributed by atoms with E-state index in [2.05, 4.69) is 18.9 Å². The Morgan fingerprint density at radius 2 is 2.15 bits per heavy atom. The molecular formula is C11H21NO. The van der Waals surface area contributed by atoms with E-state index >= 15 is 0 Å². The Labute approximate surface area is 81.3 Å². The summed E-state index contributed by atoms with van der Waals surface area (Å²) in [6.45, 7) is 6.28. The maximum Gasteiger partial charge on any atom is 0.129 e. The van der Waals surface area contributed by atoms with Crippen LogP contribution >= 0.6 is 0 Å². The molecule has 0 aromatic rings. The van der Waals surface area contributed by atoms with E-state index in [1.54, 1.807) is 6.92 Å². The third kappa shape index (κ3) is 4.41. The Bertz CT molecular complexity index is 179. The molecule has 13 heavy (non-hydrogen) atoms. The topological polar surface area (TPSA) is 20.3 Å². The molecule has 1 fully saturated rings. The molecule has 76 valence electrons. The average Bonchev–Trinajstić information content (AvgIpc) is 2.65. The van der Waals surface area contributed by atoms with Crippen molar-refractivity contribution < 1.29 is 4.79 Å². The third-order valence-electron chi connectivity index (χ3n) is 2.89. The van der Waals surface area contributed by atoms with Crippen molar-refractivity contribution in [3.8, 4) is 0 Å². The number of ketones is 1. The lowest BCUT2D eigenvalue weighted by Crippen LogP contribution is -2.23. The molecule has 1 aliphatic carbocycles. The van der Waals surface area contributed by atoms with E-state index in [1.165, 1.54) is 13.0 Å². The van der Waals surface area contributed by atoms with Crippen molar-refractivity contribution >= 4 is 5.78 Å². The number of nitrogens with zero attached hydrogens (tertiary/aromatic N) is 1. The first-order chi connectivity index (χ1) is 6.09. The highest BCUT2D eigenvalue weighted by atomic mass is 16.1. The number of carbonyl (C=O) groups excluding carboxylic acids is 1. The van der Waals surface area contributed by atoms with Gasteiger partial charge < -0.3 is 9.69 Å². The van der Waals surface area contributed by atoms with Crippen molar-refractivity contribution in [3.63, 3.8) is 0 Å². The SMILES string of the molecule is CC(=O)CCCN(C)CC1CC1C. The monoisotopic (exact) mass is 183 g/mol. The predicted octanol–water partition coefficient (Wildman–Crippen LogP) is 1.94. The second-order valence-electron chi connectivity index (χ2n) is 4.54. The van der Waals surface area contributed by atoms with Gasteiger partial charge in [0.25, 0.3) is 0 Å². The molecule has 0 aromatic heterocycles. The fourth-order valence-electron chi connectivity index (χ4n) is 1.74. The van der Waals surface area contributed by atoms with Crippen molar-refractivity contribution in [1.82, 2.24) is 4.90 Å². The minimum atomic E-state index is 0.313.